The van der Waals surface area contributed by atoms with Gasteiger partial charge in [-0.1, -0.05) is 6.07 Å². The molecule has 1 aromatic heterocycles. The molecule has 1 fully saturated rings. The second kappa shape index (κ2) is 7.11. The van der Waals surface area contributed by atoms with Crippen LogP contribution in [0.25, 0.3) is 0 Å². The van der Waals surface area contributed by atoms with Crippen molar-refractivity contribution in [2.45, 2.75) is 25.4 Å². The van der Waals surface area contributed by atoms with Crippen LogP contribution in [0, 0.1) is 0 Å². The van der Waals surface area contributed by atoms with E-state index in [1.54, 1.807) is 7.11 Å². The fraction of sp³-hybridized carbons (Fsp3) is 0.692. The fourth-order valence-corrected chi connectivity index (χ4v) is 3.11. The number of likely N-dealkylation sites (tertiary alicyclic amines) is 1. The van der Waals surface area contributed by atoms with Gasteiger partial charge in [-0.05, 0) is 30.8 Å². The van der Waals surface area contributed by atoms with Gasteiger partial charge in [-0.15, -0.1) is 11.3 Å². The summed E-state index contributed by atoms with van der Waals surface area (Å²) in [5, 5.41) is 5.64. The minimum atomic E-state index is 0.703. The Balaban J connectivity index is 1.73. The Labute approximate surface area is 108 Å². The first-order valence-electron chi connectivity index (χ1n) is 6.36. The van der Waals surface area contributed by atoms with Crippen LogP contribution in [-0.4, -0.2) is 44.3 Å². The van der Waals surface area contributed by atoms with Crippen molar-refractivity contribution in [3.8, 4) is 0 Å². The van der Waals surface area contributed by atoms with Crippen LogP contribution in [0.3, 0.4) is 0 Å². The lowest BCUT2D eigenvalue weighted by atomic mass is 10.2. The van der Waals surface area contributed by atoms with Crippen LogP contribution >= 0.6 is 11.3 Å². The highest BCUT2D eigenvalue weighted by molar-refractivity contribution is 7.09. The van der Waals surface area contributed by atoms with Crippen molar-refractivity contribution in [3.63, 3.8) is 0 Å². The predicted octanol–water partition coefficient (Wildman–Crippen LogP) is 1.95. The summed E-state index contributed by atoms with van der Waals surface area (Å²) in [6.45, 7) is 5.22. The van der Waals surface area contributed by atoms with Crippen LogP contribution in [0.4, 0.5) is 0 Å². The molecule has 0 radical (unpaired) electrons. The molecule has 96 valence electrons. The quantitative estimate of drug-likeness (QED) is 0.753. The van der Waals surface area contributed by atoms with Crippen molar-refractivity contribution in [2.24, 2.45) is 0 Å². The monoisotopic (exact) mass is 254 g/mol. The van der Waals surface area contributed by atoms with Crippen molar-refractivity contribution in [1.29, 1.82) is 0 Å². The van der Waals surface area contributed by atoms with Crippen molar-refractivity contribution < 1.29 is 4.74 Å². The summed E-state index contributed by atoms with van der Waals surface area (Å²) in [5.41, 5.74) is 0. The molecule has 3 nitrogen and oxygen atoms in total. The van der Waals surface area contributed by atoms with Crippen molar-refractivity contribution in [2.75, 3.05) is 33.4 Å². The van der Waals surface area contributed by atoms with Crippen LogP contribution < -0.4 is 5.32 Å². The Morgan fingerprint density at radius 1 is 1.59 bits per heavy atom. The topological polar surface area (TPSA) is 24.5 Å². The maximum Gasteiger partial charge on any atom is 0.0587 e. The molecular weight excluding hydrogens is 232 g/mol. The molecule has 0 aliphatic carbocycles. The van der Waals surface area contributed by atoms with E-state index in [4.69, 9.17) is 4.74 Å². The Bertz CT molecular complexity index is 302. The van der Waals surface area contributed by atoms with Gasteiger partial charge in [-0.3, -0.25) is 4.90 Å². The lowest BCUT2D eigenvalue weighted by molar-refractivity contribution is 0.191. The molecule has 1 aliphatic heterocycles. The number of rotatable bonds is 7. The van der Waals surface area contributed by atoms with Gasteiger partial charge < -0.3 is 10.1 Å². The normalized spacial score (nSPS) is 21.1. The summed E-state index contributed by atoms with van der Waals surface area (Å²) >= 11 is 1.86. The molecule has 0 bridgehead atoms. The van der Waals surface area contributed by atoms with Crippen molar-refractivity contribution >= 4 is 11.3 Å². The molecule has 1 aromatic rings. The minimum Gasteiger partial charge on any atom is -0.383 e. The Kier molecular flexibility index (Phi) is 5.45. The summed E-state index contributed by atoms with van der Waals surface area (Å²) in [6.07, 6.45) is 2.66. The molecular formula is C13H22N2OS. The lowest BCUT2D eigenvalue weighted by Gasteiger charge is -2.24. The third kappa shape index (κ3) is 4.07. The molecule has 2 heterocycles. The average Bonchev–Trinajstić information content (AvgIpc) is 2.97. The van der Waals surface area contributed by atoms with Crippen LogP contribution in [0.1, 0.15) is 17.7 Å². The zero-order chi connectivity index (χ0) is 11.9. The highest BCUT2D eigenvalue weighted by atomic mass is 32.1. The molecule has 1 saturated heterocycles. The van der Waals surface area contributed by atoms with E-state index in [2.05, 4.69) is 27.7 Å². The van der Waals surface area contributed by atoms with Crippen LogP contribution in [0.2, 0.25) is 0 Å². The number of hydrogen-bond acceptors (Lipinski definition) is 4. The molecule has 0 saturated carbocycles. The summed E-state index contributed by atoms with van der Waals surface area (Å²) in [7, 11) is 1.75. The second-order valence-corrected chi connectivity index (χ2v) is 5.58. The van der Waals surface area contributed by atoms with Crippen molar-refractivity contribution in [3.05, 3.63) is 22.4 Å². The van der Waals surface area contributed by atoms with Gasteiger partial charge in [0, 0.05) is 37.7 Å². The third-order valence-corrected chi connectivity index (χ3v) is 4.16. The van der Waals surface area contributed by atoms with Gasteiger partial charge in [0.1, 0.15) is 0 Å². The zero-order valence-electron chi connectivity index (χ0n) is 10.5. The van der Waals surface area contributed by atoms with Gasteiger partial charge >= 0.3 is 0 Å². The second-order valence-electron chi connectivity index (χ2n) is 4.54. The largest absolute Gasteiger partial charge is 0.383 e. The number of hydrogen-bond donors (Lipinski definition) is 1. The van der Waals surface area contributed by atoms with E-state index >= 15 is 0 Å². The molecule has 1 aliphatic rings. The standard InChI is InChI=1S/C13H22N2OS/c1-16-8-6-14-10-12-4-2-7-15(12)11-13-5-3-9-17-13/h3,5,9,12,14H,2,4,6-8,10-11H2,1H3. The maximum absolute atomic E-state index is 5.04. The smallest absolute Gasteiger partial charge is 0.0587 e. The molecule has 2 rings (SSSR count). The first-order chi connectivity index (χ1) is 8.40. The Hall–Kier alpha value is -0.420. The highest BCUT2D eigenvalue weighted by Crippen LogP contribution is 2.21. The molecule has 4 heteroatoms. The van der Waals surface area contributed by atoms with Crippen molar-refractivity contribution in [1.82, 2.24) is 10.2 Å². The first kappa shape index (κ1) is 13.0. The molecule has 17 heavy (non-hydrogen) atoms. The average molecular weight is 254 g/mol. The fourth-order valence-electron chi connectivity index (χ4n) is 2.38. The first-order valence-corrected chi connectivity index (χ1v) is 7.24. The number of ether oxygens (including phenoxy) is 1. The Morgan fingerprint density at radius 3 is 3.29 bits per heavy atom. The molecule has 1 N–H and O–H groups in total. The Morgan fingerprint density at radius 2 is 2.53 bits per heavy atom. The van der Waals surface area contributed by atoms with Gasteiger partial charge in [0.2, 0.25) is 0 Å². The third-order valence-electron chi connectivity index (χ3n) is 3.30. The summed E-state index contributed by atoms with van der Waals surface area (Å²) in [6, 6.07) is 5.08. The van der Waals surface area contributed by atoms with Gasteiger partial charge in [0.25, 0.3) is 0 Å². The van der Waals surface area contributed by atoms with Crippen LogP contribution in [0.5, 0.6) is 0 Å². The van der Waals surface area contributed by atoms with E-state index in [1.807, 2.05) is 11.3 Å². The number of methoxy groups -OCH3 is 1. The van der Waals surface area contributed by atoms with Gasteiger partial charge in [0.15, 0.2) is 0 Å². The molecule has 1 unspecified atom stereocenters. The number of nitrogens with zero attached hydrogens (tertiary/aromatic N) is 1. The molecule has 0 spiro atoms. The van der Waals surface area contributed by atoms with Gasteiger partial charge in [-0.2, -0.15) is 0 Å². The van der Waals surface area contributed by atoms with Gasteiger partial charge in [-0.25, -0.2) is 0 Å². The highest BCUT2D eigenvalue weighted by Gasteiger charge is 2.23. The number of thiophene rings is 1. The van der Waals surface area contributed by atoms with E-state index in [-0.39, 0.29) is 0 Å². The molecule has 1 atom stereocenters. The van der Waals surface area contributed by atoms with Gasteiger partial charge in [0.05, 0.1) is 6.61 Å². The van der Waals surface area contributed by atoms with Crippen LogP contribution in [-0.2, 0) is 11.3 Å². The SMILES string of the molecule is COCCNCC1CCCN1Cc1cccs1. The summed E-state index contributed by atoms with van der Waals surface area (Å²) in [4.78, 5) is 4.08. The predicted molar refractivity (Wildman–Crippen MR) is 72.5 cm³/mol. The lowest BCUT2D eigenvalue weighted by Crippen LogP contribution is -2.38. The minimum absolute atomic E-state index is 0.703. The maximum atomic E-state index is 5.04. The zero-order valence-corrected chi connectivity index (χ0v) is 11.3. The van der Waals surface area contributed by atoms with E-state index < -0.39 is 0 Å². The van der Waals surface area contributed by atoms with E-state index in [0.717, 1.165) is 26.2 Å². The molecule has 0 aromatic carbocycles. The number of nitrogens with one attached hydrogen (secondary N) is 1. The van der Waals surface area contributed by atoms with E-state index in [9.17, 15) is 0 Å². The summed E-state index contributed by atoms with van der Waals surface area (Å²) < 4.78 is 5.04. The van der Waals surface area contributed by atoms with E-state index in [1.165, 1.54) is 24.3 Å². The van der Waals surface area contributed by atoms with Crippen LogP contribution in [0.15, 0.2) is 17.5 Å². The molecule has 0 amide bonds. The summed E-state index contributed by atoms with van der Waals surface area (Å²) in [5.74, 6) is 0. The van der Waals surface area contributed by atoms with E-state index in [0.29, 0.717) is 6.04 Å².